The van der Waals surface area contributed by atoms with E-state index in [0.29, 0.717) is 5.75 Å². The molecule has 13 heavy (non-hydrogen) atoms. The van der Waals surface area contributed by atoms with E-state index in [1.807, 2.05) is 32.0 Å². The second kappa shape index (κ2) is 2.67. The van der Waals surface area contributed by atoms with Crippen LogP contribution < -0.4 is 0 Å². The summed E-state index contributed by atoms with van der Waals surface area (Å²) < 4.78 is 0. The van der Waals surface area contributed by atoms with Crippen molar-refractivity contribution in [2.24, 2.45) is 0 Å². The van der Waals surface area contributed by atoms with Gasteiger partial charge in [-0.1, -0.05) is 24.3 Å². The third kappa shape index (κ3) is 1.11. The predicted molar refractivity (Wildman–Crippen MR) is 52.8 cm³/mol. The molecule has 0 radical (unpaired) electrons. The largest absolute Gasteiger partial charge is 0.506 e. The number of hydrogen-bond donors (Lipinski definition) is 1. The molecule has 0 aliphatic heterocycles. The molecule has 0 atom stereocenters. The Morgan fingerprint density at radius 1 is 1.15 bits per heavy atom. The van der Waals surface area contributed by atoms with Crippen LogP contribution in [0.3, 0.4) is 0 Å². The summed E-state index contributed by atoms with van der Waals surface area (Å²) >= 11 is 0. The molecule has 0 amide bonds. The van der Waals surface area contributed by atoms with Crippen molar-refractivity contribution >= 4 is 10.8 Å². The Balaban J connectivity index is 2.94. The van der Waals surface area contributed by atoms with Crippen LogP contribution in [0, 0.1) is 26.0 Å². The highest BCUT2D eigenvalue weighted by Crippen LogP contribution is 2.27. The average molecular weight is 170 g/mol. The molecule has 0 aromatic heterocycles. The Morgan fingerprint density at radius 2 is 1.92 bits per heavy atom. The monoisotopic (exact) mass is 170 g/mol. The zero-order valence-corrected chi connectivity index (χ0v) is 7.68. The third-order valence-electron chi connectivity index (χ3n) is 2.29. The van der Waals surface area contributed by atoms with Crippen LogP contribution in [-0.2, 0) is 0 Å². The Kier molecular flexibility index (Phi) is 1.63. The van der Waals surface area contributed by atoms with E-state index < -0.39 is 0 Å². The SMILES string of the molecule is Cc1ccc2c(C)cc#cc2c1O. The summed E-state index contributed by atoms with van der Waals surface area (Å²) in [5.41, 5.74) is 1.99. The van der Waals surface area contributed by atoms with Crippen LogP contribution in [-0.4, -0.2) is 5.11 Å². The lowest BCUT2D eigenvalue weighted by atomic mass is 10.0. The molecule has 0 unspecified atom stereocenters. The zero-order valence-electron chi connectivity index (χ0n) is 7.68. The summed E-state index contributed by atoms with van der Waals surface area (Å²) in [5.74, 6) is 0.317. The standard InChI is InChI=1S/C12H10O/c1-8-4-3-5-11-10(8)7-6-9(2)12(11)13/h4,6-7,13H,1-2H3. The van der Waals surface area contributed by atoms with E-state index in [0.717, 1.165) is 21.9 Å². The molecule has 2 aromatic rings. The van der Waals surface area contributed by atoms with Gasteiger partial charge in [0, 0.05) is 0 Å². The minimum absolute atomic E-state index is 0.317. The Hall–Kier alpha value is -1.68. The molecule has 0 heterocycles. The lowest BCUT2D eigenvalue weighted by Gasteiger charge is -2.03. The molecule has 1 nitrogen and oxygen atoms in total. The van der Waals surface area contributed by atoms with Crippen molar-refractivity contribution in [2.75, 3.05) is 0 Å². The van der Waals surface area contributed by atoms with Gasteiger partial charge in [-0.05, 0) is 36.4 Å². The van der Waals surface area contributed by atoms with Gasteiger partial charge in [0.2, 0.25) is 0 Å². The van der Waals surface area contributed by atoms with Crippen LogP contribution in [0.25, 0.3) is 10.8 Å². The number of phenolic OH excluding ortho intramolecular Hbond substituents is 1. The Bertz CT molecular complexity index is 458. The first-order valence-electron chi connectivity index (χ1n) is 4.21. The van der Waals surface area contributed by atoms with Crippen LogP contribution in [0.4, 0.5) is 0 Å². The highest BCUT2D eigenvalue weighted by molar-refractivity contribution is 5.90. The molecule has 1 heteroatoms. The van der Waals surface area contributed by atoms with Gasteiger partial charge in [0.1, 0.15) is 5.75 Å². The van der Waals surface area contributed by atoms with Gasteiger partial charge in [0.15, 0.2) is 0 Å². The first-order chi connectivity index (χ1) is 6.20. The molecular formula is C12H10O. The van der Waals surface area contributed by atoms with E-state index in [1.165, 1.54) is 0 Å². The van der Waals surface area contributed by atoms with Crippen molar-refractivity contribution in [3.63, 3.8) is 0 Å². The maximum Gasteiger partial charge on any atom is 0.134 e. The van der Waals surface area contributed by atoms with Crippen molar-refractivity contribution in [3.8, 4) is 5.75 Å². The highest BCUT2D eigenvalue weighted by Gasteiger charge is 2.03. The molecule has 0 bridgehead atoms. The first kappa shape index (κ1) is 7.94. The summed E-state index contributed by atoms with van der Waals surface area (Å²) in [6, 6.07) is 11.6. The number of hydrogen-bond acceptors (Lipinski definition) is 1. The topological polar surface area (TPSA) is 20.2 Å². The summed E-state index contributed by atoms with van der Waals surface area (Å²) in [4.78, 5) is 0. The zero-order chi connectivity index (χ0) is 9.42. The number of benzene rings is 1. The first-order valence-corrected chi connectivity index (χ1v) is 4.21. The van der Waals surface area contributed by atoms with Crippen molar-refractivity contribution in [1.29, 1.82) is 0 Å². The molecule has 2 aromatic carbocycles. The van der Waals surface area contributed by atoms with E-state index in [9.17, 15) is 5.11 Å². The number of rotatable bonds is 0. The molecule has 0 saturated heterocycles. The maximum atomic E-state index is 9.73. The van der Waals surface area contributed by atoms with Crippen LogP contribution in [0.5, 0.6) is 5.75 Å². The molecule has 0 spiro atoms. The molecule has 64 valence electrons. The Morgan fingerprint density at radius 3 is 2.69 bits per heavy atom. The molecule has 1 N–H and O–H groups in total. The summed E-state index contributed by atoms with van der Waals surface area (Å²) in [6.45, 7) is 3.88. The molecule has 0 saturated carbocycles. The van der Waals surface area contributed by atoms with Gasteiger partial charge in [0.05, 0.1) is 5.39 Å². The van der Waals surface area contributed by atoms with Crippen molar-refractivity contribution in [3.05, 3.63) is 41.5 Å². The van der Waals surface area contributed by atoms with Gasteiger partial charge < -0.3 is 5.11 Å². The van der Waals surface area contributed by atoms with E-state index in [1.54, 1.807) is 0 Å². The molecule has 2 rings (SSSR count). The minimum Gasteiger partial charge on any atom is -0.506 e. The van der Waals surface area contributed by atoms with E-state index in [-0.39, 0.29) is 0 Å². The molecule has 0 aliphatic rings. The van der Waals surface area contributed by atoms with Gasteiger partial charge in [-0.25, -0.2) is 0 Å². The average Bonchev–Trinajstić information content (AvgIpc) is 2.12. The lowest BCUT2D eigenvalue weighted by molar-refractivity contribution is 0.477. The normalized spacial score (nSPS) is 10.0. The second-order valence-electron chi connectivity index (χ2n) is 3.25. The quantitative estimate of drug-likeness (QED) is 0.644. The van der Waals surface area contributed by atoms with E-state index >= 15 is 0 Å². The smallest absolute Gasteiger partial charge is 0.134 e. The summed E-state index contributed by atoms with van der Waals surface area (Å²) in [7, 11) is 0. The van der Waals surface area contributed by atoms with Crippen LogP contribution in [0.1, 0.15) is 11.1 Å². The molecular weight excluding hydrogens is 160 g/mol. The number of phenols is 1. The van der Waals surface area contributed by atoms with Crippen molar-refractivity contribution < 1.29 is 5.11 Å². The Labute approximate surface area is 77.6 Å². The van der Waals surface area contributed by atoms with Crippen LogP contribution >= 0.6 is 0 Å². The summed E-state index contributed by atoms with van der Waals surface area (Å²) in [6.07, 6.45) is 0. The fraction of sp³-hybridized carbons (Fsp3) is 0.167. The van der Waals surface area contributed by atoms with E-state index in [4.69, 9.17) is 0 Å². The third-order valence-corrected chi connectivity index (χ3v) is 2.29. The van der Waals surface area contributed by atoms with E-state index in [2.05, 4.69) is 12.1 Å². The number of aromatic hydroxyl groups is 1. The fourth-order valence-electron chi connectivity index (χ4n) is 1.44. The van der Waals surface area contributed by atoms with Crippen molar-refractivity contribution in [2.45, 2.75) is 13.8 Å². The predicted octanol–water partition coefficient (Wildman–Crippen LogP) is 2.76. The van der Waals surface area contributed by atoms with Gasteiger partial charge >= 0.3 is 0 Å². The minimum atomic E-state index is 0.317. The lowest BCUT2D eigenvalue weighted by Crippen LogP contribution is -1.80. The number of aryl methyl sites for hydroxylation is 2. The second-order valence-corrected chi connectivity index (χ2v) is 3.25. The fourth-order valence-corrected chi connectivity index (χ4v) is 1.44. The van der Waals surface area contributed by atoms with Gasteiger partial charge in [-0.15, -0.1) is 0 Å². The summed E-state index contributed by atoms with van der Waals surface area (Å²) in [5, 5.41) is 11.5. The van der Waals surface area contributed by atoms with Gasteiger partial charge in [-0.3, -0.25) is 0 Å². The maximum absolute atomic E-state index is 9.73. The van der Waals surface area contributed by atoms with Gasteiger partial charge in [-0.2, -0.15) is 0 Å². The van der Waals surface area contributed by atoms with Crippen molar-refractivity contribution in [1.82, 2.24) is 0 Å². The molecule has 0 fully saturated rings. The van der Waals surface area contributed by atoms with Gasteiger partial charge in [0.25, 0.3) is 0 Å². The van der Waals surface area contributed by atoms with Crippen LogP contribution in [0.15, 0.2) is 18.2 Å². The molecule has 0 aliphatic carbocycles. The van der Waals surface area contributed by atoms with Crippen LogP contribution in [0.2, 0.25) is 0 Å². The number of fused-ring (bicyclic) bond motifs is 1. The highest BCUT2D eigenvalue weighted by atomic mass is 16.3.